The molecule has 0 spiro atoms. The SMILES string of the molecule is C[Si](C)(C)N[Si](C)(C)C.[KH].[KH]. The summed E-state index contributed by atoms with van der Waals surface area (Å²) in [6, 6.07) is 0. The van der Waals surface area contributed by atoms with Gasteiger partial charge in [0.25, 0.3) is 0 Å². The second-order valence-electron chi connectivity index (χ2n) is 4.62. The van der Waals surface area contributed by atoms with Crippen LogP contribution in [0.25, 0.3) is 0 Å². The normalized spacial score (nSPS) is 11.5. The van der Waals surface area contributed by atoms with Crippen molar-refractivity contribution in [3.8, 4) is 0 Å². The first kappa shape index (κ1) is 20.1. The van der Waals surface area contributed by atoms with E-state index in [1.165, 1.54) is 0 Å². The second-order valence-corrected chi connectivity index (χ2v) is 14.6. The topological polar surface area (TPSA) is 12.0 Å². The van der Waals surface area contributed by atoms with Gasteiger partial charge in [0.15, 0.2) is 0 Å². The summed E-state index contributed by atoms with van der Waals surface area (Å²) in [5.41, 5.74) is 0. The Morgan fingerprint density at radius 2 is 0.818 bits per heavy atom. The third kappa shape index (κ3) is 19.9. The van der Waals surface area contributed by atoms with Gasteiger partial charge in [-0.25, -0.2) is 0 Å². The van der Waals surface area contributed by atoms with Crippen LogP contribution in [0.4, 0.5) is 0 Å². The van der Waals surface area contributed by atoms with Crippen LogP contribution in [0.5, 0.6) is 0 Å². The molecule has 0 aliphatic rings. The number of rotatable bonds is 2. The van der Waals surface area contributed by atoms with Crippen LogP contribution >= 0.6 is 0 Å². The average molecular weight is 242 g/mol. The first-order chi connectivity index (χ1) is 3.71. The first-order valence-corrected chi connectivity index (χ1v) is 10.5. The molecular formula is C6H21K2NSi2. The molecule has 0 heterocycles. The van der Waals surface area contributed by atoms with Crippen molar-refractivity contribution in [1.82, 2.24) is 4.65 Å². The molecule has 0 radical (unpaired) electrons. The summed E-state index contributed by atoms with van der Waals surface area (Å²) in [4.78, 5) is 0. The molecule has 0 aliphatic carbocycles. The summed E-state index contributed by atoms with van der Waals surface area (Å²) in [6.07, 6.45) is 0. The van der Waals surface area contributed by atoms with E-state index in [4.69, 9.17) is 0 Å². The number of hydrogen-bond acceptors (Lipinski definition) is 1. The van der Waals surface area contributed by atoms with Gasteiger partial charge in [0.2, 0.25) is 0 Å². The third-order valence-electron chi connectivity index (χ3n) is 0.750. The van der Waals surface area contributed by atoms with E-state index in [1.807, 2.05) is 0 Å². The van der Waals surface area contributed by atoms with Crippen LogP contribution in [-0.4, -0.2) is 119 Å². The molecule has 0 unspecified atom stereocenters. The fourth-order valence-corrected chi connectivity index (χ4v) is 10.1. The Labute approximate surface area is 159 Å². The van der Waals surface area contributed by atoms with E-state index in [9.17, 15) is 0 Å². The summed E-state index contributed by atoms with van der Waals surface area (Å²) in [5.74, 6) is 0. The molecule has 0 aliphatic heterocycles. The Hall–Kier alpha value is 3.67. The fraction of sp³-hybridized carbons (Fsp3) is 1.00. The van der Waals surface area contributed by atoms with Crippen LogP contribution in [0.3, 0.4) is 0 Å². The molecule has 0 aromatic heterocycles. The molecule has 0 rings (SSSR count). The predicted octanol–water partition coefficient (Wildman–Crippen LogP) is 0.949. The van der Waals surface area contributed by atoms with E-state index in [0.29, 0.717) is 0 Å². The van der Waals surface area contributed by atoms with Crippen molar-refractivity contribution in [3.63, 3.8) is 0 Å². The Bertz CT molecular complexity index is 83.7. The van der Waals surface area contributed by atoms with Gasteiger partial charge in [-0.1, -0.05) is 39.3 Å². The van der Waals surface area contributed by atoms with Crippen LogP contribution in [0.15, 0.2) is 0 Å². The first-order valence-electron chi connectivity index (χ1n) is 3.50. The van der Waals surface area contributed by atoms with E-state index >= 15 is 0 Å². The molecule has 11 heavy (non-hydrogen) atoms. The Morgan fingerprint density at radius 3 is 0.818 bits per heavy atom. The maximum atomic E-state index is 3.74. The predicted molar refractivity (Wildman–Crippen MR) is 64.1 cm³/mol. The monoisotopic (exact) mass is 241 g/mol. The second kappa shape index (κ2) is 7.89. The van der Waals surface area contributed by atoms with E-state index in [1.54, 1.807) is 0 Å². The molecule has 0 aromatic carbocycles. The molecule has 1 N–H and O–H groups in total. The summed E-state index contributed by atoms with van der Waals surface area (Å²) in [6.45, 7) is 14.1. The van der Waals surface area contributed by atoms with Gasteiger partial charge in [-0.05, 0) is 0 Å². The van der Waals surface area contributed by atoms with Crippen LogP contribution in [0.1, 0.15) is 0 Å². The van der Waals surface area contributed by atoms with Gasteiger partial charge in [0, 0.05) is 0 Å². The van der Waals surface area contributed by atoms with Crippen LogP contribution in [0.2, 0.25) is 39.3 Å². The molecule has 0 saturated heterocycles. The van der Waals surface area contributed by atoms with Gasteiger partial charge < -0.3 is 4.65 Å². The minimum absolute atomic E-state index is 0. The summed E-state index contributed by atoms with van der Waals surface area (Å²) >= 11 is 0. The molecular weight excluding hydrogens is 220 g/mol. The van der Waals surface area contributed by atoms with Crippen LogP contribution in [0, 0.1) is 0 Å². The number of hydrogen-bond donors (Lipinski definition) is 1. The zero-order valence-corrected chi connectivity index (χ0v) is 9.50. The van der Waals surface area contributed by atoms with Gasteiger partial charge in [-0.2, -0.15) is 0 Å². The number of nitrogens with one attached hydrogen (secondary N) is 1. The van der Waals surface area contributed by atoms with Crippen molar-refractivity contribution < 1.29 is 0 Å². The molecule has 1 nitrogen and oxygen atoms in total. The molecule has 5 heteroatoms. The van der Waals surface area contributed by atoms with E-state index < -0.39 is 16.5 Å². The molecule has 0 aromatic rings. The molecule has 0 bridgehead atoms. The van der Waals surface area contributed by atoms with Gasteiger partial charge in [0.1, 0.15) is 16.5 Å². The van der Waals surface area contributed by atoms with Gasteiger partial charge in [-0.15, -0.1) is 0 Å². The Kier molecular flexibility index (Phi) is 14.4. The van der Waals surface area contributed by atoms with E-state index in [-0.39, 0.29) is 103 Å². The Balaban J connectivity index is -0.000000320. The van der Waals surface area contributed by atoms with Crippen molar-refractivity contribution in [2.75, 3.05) is 0 Å². The summed E-state index contributed by atoms with van der Waals surface area (Å²) in [5, 5.41) is 0. The fourth-order valence-electron chi connectivity index (χ4n) is 1.12. The van der Waals surface area contributed by atoms with Crippen molar-refractivity contribution in [3.05, 3.63) is 0 Å². The van der Waals surface area contributed by atoms with Crippen molar-refractivity contribution in [1.29, 1.82) is 0 Å². The van der Waals surface area contributed by atoms with E-state index in [0.717, 1.165) is 0 Å². The average Bonchev–Trinajstić information content (AvgIpc) is 1.14. The summed E-state index contributed by atoms with van der Waals surface area (Å²) < 4.78 is 3.74. The van der Waals surface area contributed by atoms with Crippen LogP contribution in [-0.2, 0) is 0 Å². The Morgan fingerprint density at radius 1 is 0.636 bits per heavy atom. The zero-order chi connectivity index (χ0) is 7.71. The molecule has 0 saturated carbocycles. The van der Waals surface area contributed by atoms with Crippen molar-refractivity contribution in [2.24, 2.45) is 0 Å². The van der Waals surface area contributed by atoms with E-state index in [2.05, 4.69) is 43.9 Å². The summed E-state index contributed by atoms with van der Waals surface area (Å²) in [7, 11) is -1.96. The third-order valence-corrected chi connectivity index (χ3v) is 6.75. The van der Waals surface area contributed by atoms with Gasteiger partial charge in [0.05, 0.1) is 0 Å². The quantitative estimate of drug-likeness (QED) is 0.710. The molecule has 60 valence electrons. The van der Waals surface area contributed by atoms with Crippen LogP contribution < -0.4 is 4.65 Å². The minimum atomic E-state index is -0.981. The van der Waals surface area contributed by atoms with Gasteiger partial charge >= 0.3 is 103 Å². The molecule has 0 amide bonds. The standard InChI is InChI=1S/C6H19NSi2.2K.2H/c1-8(2,3)7-9(4,5)6;;;;/h7H,1-6H3;;;;. The van der Waals surface area contributed by atoms with Gasteiger partial charge in [-0.3, -0.25) is 0 Å². The molecule has 0 fully saturated rings. The molecule has 0 atom stereocenters. The van der Waals surface area contributed by atoms with Crippen molar-refractivity contribution in [2.45, 2.75) is 39.3 Å². The zero-order valence-electron chi connectivity index (χ0n) is 7.50. The maximum absolute atomic E-state index is 3.74. The van der Waals surface area contributed by atoms with Crippen molar-refractivity contribution >= 4 is 119 Å².